The van der Waals surface area contributed by atoms with Crippen molar-refractivity contribution in [1.29, 1.82) is 0 Å². The van der Waals surface area contributed by atoms with Crippen LogP contribution in [-0.4, -0.2) is 13.1 Å². The smallest absolute Gasteiger partial charge is 0.189 e. The zero-order chi connectivity index (χ0) is 15.5. The van der Waals surface area contributed by atoms with Crippen molar-refractivity contribution in [2.24, 2.45) is 10.7 Å². The number of nitrogens with zero attached hydrogens (tertiary/aromatic N) is 1. The molecule has 3 rings (SSSR count). The van der Waals surface area contributed by atoms with E-state index in [0.29, 0.717) is 5.96 Å². The number of guanidine groups is 1. The molecule has 2 unspecified atom stereocenters. The van der Waals surface area contributed by atoms with Gasteiger partial charge < -0.3 is 15.8 Å². The van der Waals surface area contributed by atoms with Crippen molar-refractivity contribution in [2.45, 2.75) is 18.5 Å². The Balaban J connectivity index is 1.92. The molecule has 0 bridgehead atoms. The van der Waals surface area contributed by atoms with Crippen LogP contribution in [0.1, 0.15) is 29.6 Å². The molecule has 0 amide bonds. The molecule has 3 N–H and O–H groups in total. The van der Waals surface area contributed by atoms with Gasteiger partial charge in [0, 0.05) is 10.0 Å². The molecule has 2 aromatic carbocycles. The van der Waals surface area contributed by atoms with E-state index >= 15 is 0 Å². The Hall–Kier alpha value is -2.01. The summed E-state index contributed by atoms with van der Waals surface area (Å²) in [6.07, 6.45) is 0.831. The van der Waals surface area contributed by atoms with Gasteiger partial charge in [0.05, 0.1) is 19.2 Å². The molecular weight excluding hydrogens is 342 g/mol. The second kappa shape index (κ2) is 6.40. The summed E-state index contributed by atoms with van der Waals surface area (Å²) in [6, 6.07) is 16.3. The fraction of sp³-hybridized carbons (Fsp3) is 0.235. The monoisotopic (exact) mass is 359 g/mol. The van der Waals surface area contributed by atoms with Crippen LogP contribution in [0.4, 0.5) is 0 Å². The lowest BCUT2D eigenvalue weighted by Gasteiger charge is -2.29. The first kappa shape index (κ1) is 14.9. The Morgan fingerprint density at radius 1 is 1.23 bits per heavy atom. The van der Waals surface area contributed by atoms with Gasteiger partial charge in [-0.3, -0.25) is 0 Å². The maximum absolute atomic E-state index is 6.01. The van der Waals surface area contributed by atoms with Crippen LogP contribution in [0.2, 0.25) is 0 Å². The number of halogens is 1. The van der Waals surface area contributed by atoms with Crippen LogP contribution in [0.15, 0.2) is 58.0 Å². The average molecular weight is 360 g/mol. The molecule has 1 heterocycles. The number of methoxy groups -OCH3 is 1. The maximum Gasteiger partial charge on any atom is 0.189 e. The summed E-state index contributed by atoms with van der Waals surface area (Å²) in [6.45, 7) is 0. The second-order valence-corrected chi connectivity index (χ2v) is 6.18. The molecular formula is C17H18BrN3O. The highest BCUT2D eigenvalue weighted by atomic mass is 79.9. The van der Waals surface area contributed by atoms with Gasteiger partial charge in [-0.2, -0.15) is 0 Å². The number of rotatable bonds is 3. The van der Waals surface area contributed by atoms with Crippen molar-refractivity contribution in [3.8, 4) is 5.75 Å². The Morgan fingerprint density at radius 3 is 2.82 bits per heavy atom. The normalized spacial score (nSPS) is 20.9. The first-order valence-electron chi connectivity index (χ1n) is 7.15. The molecule has 0 saturated heterocycles. The zero-order valence-corrected chi connectivity index (χ0v) is 13.9. The highest BCUT2D eigenvalue weighted by molar-refractivity contribution is 9.10. The van der Waals surface area contributed by atoms with Crippen molar-refractivity contribution in [1.82, 2.24) is 5.32 Å². The molecule has 1 aliphatic rings. The topological polar surface area (TPSA) is 59.6 Å². The van der Waals surface area contributed by atoms with Crippen molar-refractivity contribution < 1.29 is 4.74 Å². The van der Waals surface area contributed by atoms with E-state index in [1.165, 1.54) is 0 Å². The van der Waals surface area contributed by atoms with E-state index in [4.69, 9.17) is 10.5 Å². The third kappa shape index (κ3) is 3.09. The number of nitrogens with two attached hydrogens (primary N) is 1. The van der Waals surface area contributed by atoms with E-state index < -0.39 is 0 Å². The number of benzene rings is 2. The highest BCUT2D eigenvalue weighted by Crippen LogP contribution is 2.36. The lowest BCUT2D eigenvalue weighted by molar-refractivity contribution is 0.394. The summed E-state index contributed by atoms with van der Waals surface area (Å²) < 4.78 is 6.51. The van der Waals surface area contributed by atoms with Gasteiger partial charge in [0.1, 0.15) is 5.75 Å². The van der Waals surface area contributed by atoms with Gasteiger partial charge in [0.25, 0.3) is 0 Å². The quantitative estimate of drug-likeness (QED) is 0.880. The fourth-order valence-corrected chi connectivity index (χ4v) is 3.22. The SMILES string of the molecule is COc1ccccc1C1CC(c2cccc(Br)c2)N=C(N)N1. The molecule has 114 valence electrons. The van der Waals surface area contributed by atoms with E-state index in [2.05, 4.69) is 44.4 Å². The summed E-state index contributed by atoms with van der Waals surface area (Å²) >= 11 is 3.51. The van der Waals surface area contributed by atoms with Crippen LogP contribution in [-0.2, 0) is 0 Å². The number of nitrogens with one attached hydrogen (secondary N) is 1. The molecule has 0 aromatic heterocycles. The summed E-state index contributed by atoms with van der Waals surface area (Å²) in [5.74, 6) is 1.33. The van der Waals surface area contributed by atoms with Gasteiger partial charge in [-0.15, -0.1) is 0 Å². The van der Waals surface area contributed by atoms with Crippen LogP contribution >= 0.6 is 15.9 Å². The predicted molar refractivity (Wildman–Crippen MR) is 92.0 cm³/mol. The molecule has 2 aromatic rings. The van der Waals surface area contributed by atoms with Crippen molar-refractivity contribution in [3.05, 3.63) is 64.1 Å². The minimum absolute atomic E-state index is 0.0358. The van der Waals surface area contributed by atoms with E-state index in [9.17, 15) is 0 Å². The molecule has 1 aliphatic heterocycles. The van der Waals surface area contributed by atoms with E-state index in [-0.39, 0.29) is 12.1 Å². The summed E-state index contributed by atoms with van der Waals surface area (Å²) in [4.78, 5) is 4.55. The molecule has 22 heavy (non-hydrogen) atoms. The predicted octanol–water partition coefficient (Wildman–Crippen LogP) is 3.55. The minimum atomic E-state index is 0.0358. The summed E-state index contributed by atoms with van der Waals surface area (Å²) in [5.41, 5.74) is 8.26. The first-order chi connectivity index (χ1) is 10.7. The van der Waals surface area contributed by atoms with Crippen LogP contribution in [0.3, 0.4) is 0 Å². The summed E-state index contributed by atoms with van der Waals surface area (Å²) in [7, 11) is 1.69. The Labute approximate surface area is 138 Å². The Bertz CT molecular complexity index is 702. The van der Waals surface area contributed by atoms with Crippen molar-refractivity contribution in [2.75, 3.05) is 7.11 Å². The van der Waals surface area contributed by atoms with Crippen molar-refractivity contribution >= 4 is 21.9 Å². The van der Waals surface area contributed by atoms with Crippen molar-refractivity contribution in [3.63, 3.8) is 0 Å². The lowest BCUT2D eigenvalue weighted by atomic mass is 9.93. The third-order valence-corrected chi connectivity index (χ3v) is 4.32. The summed E-state index contributed by atoms with van der Waals surface area (Å²) in [5, 5.41) is 3.26. The Kier molecular flexibility index (Phi) is 4.34. The largest absolute Gasteiger partial charge is 0.496 e. The van der Waals surface area contributed by atoms with Gasteiger partial charge in [-0.05, 0) is 30.2 Å². The van der Waals surface area contributed by atoms with Gasteiger partial charge in [0.2, 0.25) is 0 Å². The molecule has 2 atom stereocenters. The van der Waals surface area contributed by atoms with Crippen LogP contribution in [0, 0.1) is 0 Å². The molecule has 0 saturated carbocycles. The number of hydrogen-bond acceptors (Lipinski definition) is 4. The zero-order valence-electron chi connectivity index (χ0n) is 12.3. The molecule has 5 heteroatoms. The number of ether oxygens (including phenoxy) is 1. The van der Waals surface area contributed by atoms with Crippen LogP contribution in [0.25, 0.3) is 0 Å². The average Bonchev–Trinajstić information content (AvgIpc) is 2.54. The Morgan fingerprint density at radius 2 is 2.05 bits per heavy atom. The van der Waals surface area contributed by atoms with Gasteiger partial charge in [-0.25, -0.2) is 4.99 Å². The minimum Gasteiger partial charge on any atom is -0.496 e. The highest BCUT2D eigenvalue weighted by Gasteiger charge is 2.26. The van der Waals surface area contributed by atoms with Gasteiger partial charge in [-0.1, -0.05) is 46.3 Å². The first-order valence-corrected chi connectivity index (χ1v) is 7.95. The van der Waals surface area contributed by atoms with Gasteiger partial charge >= 0.3 is 0 Å². The number of hydrogen-bond donors (Lipinski definition) is 2. The number of para-hydroxylation sites is 1. The van der Waals surface area contributed by atoms with E-state index in [0.717, 1.165) is 27.8 Å². The number of aliphatic imine (C=N–C) groups is 1. The second-order valence-electron chi connectivity index (χ2n) is 5.26. The molecule has 0 aliphatic carbocycles. The maximum atomic E-state index is 6.01. The van der Waals surface area contributed by atoms with E-state index in [1.54, 1.807) is 7.11 Å². The standard InChI is InChI=1S/C17H18BrN3O/c1-22-16-8-3-2-7-13(16)15-10-14(20-17(19)21-15)11-5-4-6-12(18)9-11/h2-9,14-15H,10H2,1H3,(H3,19,20,21). The van der Waals surface area contributed by atoms with Crippen LogP contribution < -0.4 is 15.8 Å². The van der Waals surface area contributed by atoms with Gasteiger partial charge in [0.15, 0.2) is 5.96 Å². The molecule has 0 spiro atoms. The van der Waals surface area contributed by atoms with Crippen LogP contribution in [0.5, 0.6) is 5.75 Å². The van der Waals surface area contributed by atoms with E-state index in [1.807, 2.05) is 30.3 Å². The third-order valence-electron chi connectivity index (χ3n) is 3.82. The lowest BCUT2D eigenvalue weighted by Crippen LogP contribution is -2.39. The molecule has 0 radical (unpaired) electrons. The fourth-order valence-electron chi connectivity index (χ4n) is 2.80. The molecule has 4 nitrogen and oxygen atoms in total. The molecule has 0 fully saturated rings.